The Balaban J connectivity index is 1.20. The Morgan fingerprint density at radius 2 is 1.57 bits per heavy atom. The summed E-state index contributed by atoms with van der Waals surface area (Å²) in [6.07, 6.45) is 1.48. The maximum Gasteiger partial charge on any atom is 0.231 e. The highest BCUT2D eigenvalue weighted by atomic mass is 32.1. The zero-order chi connectivity index (χ0) is 24.5. The summed E-state index contributed by atoms with van der Waals surface area (Å²) in [7, 11) is 0. The molecule has 2 unspecified atom stereocenters. The highest BCUT2D eigenvalue weighted by molar-refractivity contribution is 7.15. The van der Waals surface area contributed by atoms with E-state index in [4.69, 9.17) is 0 Å². The van der Waals surface area contributed by atoms with Gasteiger partial charge in [0.2, 0.25) is 22.9 Å². The lowest BCUT2D eigenvalue weighted by atomic mass is 10.1. The van der Waals surface area contributed by atoms with Crippen LogP contribution in [0.4, 0.5) is 16.5 Å². The number of aryl methyl sites for hydroxylation is 2. The van der Waals surface area contributed by atoms with Crippen molar-refractivity contribution in [3.63, 3.8) is 0 Å². The highest BCUT2D eigenvalue weighted by Gasteiger charge is 2.36. The lowest BCUT2D eigenvalue weighted by Gasteiger charge is -2.16. The van der Waals surface area contributed by atoms with Gasteiger partial charge < -0.3 is 15.1 Å². The summed E-state index contributed by atoms with van der Waals surface area (Å²) >= 11 is 1.29. The van der Waals surface area contributed by atoms with Gasteiger partial charge >= 0.3 is 0 Å². The molecule has 0 saturated carbocycles. The number of amides is 3. The minimum absolute atomic E-state index is 0.0562. The summed E-state index contributed by atoms with van der Waals surface area (Å²) in [5.74, 6) is -0.771. The molecule has 8 nitrogen and oxygen atoms in total. The number of nitrogens with zero attached hydrogens (tertiary/aromatic N) is 4. The molecule has 2 atom stereocenters. The molecule has 3 amide bonds. The summed E-state index contributed by atoms with van der Waals surface area (Å²) in [4.78, 5) is 41.4. The van der Waals surface area contributed by atoms with E-state index < -0.39 is 5.92 Å². The van der Waals surface area contributed by atoms with E-state index >= 15 is 0 Å². The van der Waals surface area contributed by atoms with Crippen molar-refractivity contribution in [2.45, 2.75) is 39.0 Å². The Kier molecular flexibility index (Phi) is 6.34. The largest absolute Gasteiger partial charge is 0.312 e. The molecule has 0 radical (unpaired) electrons. The number of hydrogen-bond donors (Lipinski definition) is 1. The second-order valence-electron chi connectivity index (χ2n) is 9.10. The summed E-state index contributed by atoms with van der Waals surface area (Å²) < 4.78 is 0. The fourth-order valence-electron chi connectivity index (χ4n) is 4.55. The first-order valence-electron chi connectivity index (χ1n) is 11.8. The van der Waals surface area contributed by atoms with Gasteiger partial charge in [-0.2, -0.15) is 0 Å². The molecule has 0 spiro atoms. The number of aromatic nitrogens is 2. The van der Waals surface area contributed by atoms with Crippen LogP contribution in [0.3, 0.4) is 0 Å². The Bertz CT molecular complexity index is 1250. The van der Waals surface area contributed by atoms with Crippen LogP contribution >= 0.6 is 11.3 Å². The first-order valence-corrected chi connectivity index (χ1v) is 12.6. The standard InChI is InChI=1S/C26H27N5O3S/c1-3-17-6-10-21(11-7-17)31-15-19(13-23(31)33)25-28-29-26(35-25)27-24(34)18-12-22(32)30(14-18)20-8-4-16(2)5-9-20/h4-11,18-19H,3,12-15H2,1-2H3,(H,27,29,34). The summed E-state index contributed by atoms with van der Waals surface area (Å²) in [5, 5.41) is 12.3. The second-order valence-corrected chi connectivity index (χ2v) is 10.1. The van der Waals surface area contributed by atoms with Crippen LogP contribution in [0.2, 0.25) is 0 Å². The SMILES string of the molecule is CCc1ccc(N2CC(c3nnc(NC(=O)C4CC(=O)N(c5ccc(C)cc5)C4)s3)CC2=O)cc1. The predicted molar refractivity (Wildman–Crippen MR) is 136 cm³/mol. The van der Waals surface area contributed by atoms with Gasteiger partial charge in [0, 0.05) is 43.2 Å². The molecule has 35 heavy (non-hydrogen) atoms. The molecule has 2 aliphatic rings. The van der Waals surface area contributed by atoms with E-state index in [1.807, 2.05) is 55.5 Å². The van der Waals surface area contributed by atoms with Crippen LogP contribution in [0.25, 0.3) is 0 Å². The first kappa shape index (κ1) is 23.2. The van der Waals surface area contributed by atoms with Crippen LogP contribution < -0.4 is 15.1 Å². The minimum atomic E-state index is -0.453. The summed E-state index contributed by atoms with van der Waals surface area (Å²) in [6.45, 7) is 4.96. The number of anilines is 3. The third kappa shape index (κ3) is 4.81. The van der Waals surface area contributed by atoms with E-state index in [0.29, 0.717) is 24.6 Å². The molecule has 0 aliphatic carbocycles. The smallest absolute Gasteiger partial charge is 0.231 e. The normalized spacial score (nSPS) is 20.1. The topological polar surface area (TPSA) is 95.5 Å². The van der Waals surface area contributed by atoms with Crippen LogP contribution in [0.15, 0.2) is 48.5 Å². The lowest BCUT2D eigenvalue weighted by Crippen LogP contribution is -2.28. The van der Waals surface area contributed by atoms with Crippen molar-refractivity contribution in [3.05, 3.63) is 64.7 Å². The highest BCUT2D eigenvalue weighted by Crippen LogP contribution is 2.35. The molecule has 1 aromatic heterocycles. The number of benzene rings is 2. The average Bonchev–Trinajstić information content (AvgIpc) is 3.58. The van der Waals surface area contributed by atoms with Crippen molar-refractivity contribution in [2.24, 2.45) is 5.92 Å². The maximum absolute atomic E-state index is 12.8. The van der Waals surface area contributed by atoms with E-state index in [2.05, 4.69) is 22.4 Å². The van der Waals surface area contributed by atoms with Crippen LogP contribution in [-0.4, -0.2) is 41.0 Å². The zero-order valence-electron chi connectivity index (χ0n) is 19.7. The minimum Gasteiger partial charge on any atom is -0.312 e. The average molecular weight is 490 g/mol. The molecule has 3 heterocycles. The van der Waals surface area contributed by atoms with Gasteiger partial charge in [0.05, 0.1) is 5.92 Å². The molecule has 2 fully saturated rings. The molecule has 2 aromatic carbocycles. The van der Waals surface area contributed by atoms with Crippen molar-refractivity contribution >= 4 is 45.6 Å². The van der Waals surface area contributed by atoms with Gasteiger partial charge in [-0.1, -0.05) is 48.1 Å². The summed E-state index contributed by atoms with van der Waals surface area (Å²) in [5.41, 5.74) is 4.03. The van der Waals surface area contributed by atoms with E-state index in [0.717, 1.165) is 28.4 Å². The van der Waals surface area contributed by atoms with E-state index in [1.54, 1.807) is 9.80 Å². The Morgan fingerprint density at radius 1 is 0.943 bits per heavy atom. The zero-order valence-corrected chi connectivity index (χ0v) is 20.5. The van der Waals surface area contributed by atoms with Crippen molar-refractivity contribution in [3.8, 4) is 0 Å². The van der Waals surface area contributed by atoms with Gasteiger partial charge in [-0.15, -0.1) is 10.2 Å². The molecule has 0 bridgehead atoms. The van der Waals surface area contributed by atoms with Crippen LogP contribution in [0.5, 0.6) is 0 Å². The molecular weight excluding hydrogens is 462 g/mol. The number of carbonyl (C=O) groups is 3. The maximum atomic E-state index is 12.8. The fourth-order valence-corrected chi connectivity index (χ4v) is 5.39. The van der Waals surface area contributed by atoms with Crippen molar-refractivity contribution in [2.75, 3.05) is 28.2 Å². The van der Waals surface area contributed by atoms with Crippen LogP contribution in [0.1, 0.15) is 41.8 Å². The molecule has 2 saturated heterocycles. The van der Waals surface area contributed by atoms with Gasteiger partial charge in [0.15, 0.2) is 0 Å². The van der Waals surface area contributed by atoms with Gasteiger partial charge in [-0.25, -0.2) is 0 Å². The first-order chi connectivity index (χ1) is 16.9. The van der Waals surface area contributed by atoms with Crippen LogP contribution in [-0.2, 0) is 20.8 Å². The molecule has 5 rings (SSSR count). The summed E-state index contributed by atoms with van der Waals surface area (Å²) in [6, 6.07) is 15.7. The third-order valence-electron chi connectivity index (χ3n) is 6.64. The molecule has 2 aliphatic heterocycles. The molecular formula is C26H27N5O3S. The van der Waals surface area contributed by atoms with Crippen molar-refractivity contribution < 1.29 is 14.4 Å². The predicted octanol–water partition coefficient (Wildman–Crippen LogP) is 3.92. The molecule has 9 heteroatoms. The van der Waals surface area contributed by atoms with E-state index in [1.165, 1.54) is 16.9 Å². The van der Waals surface area contributed by atoms with Crippen LogP contribution in [0, 0.1) is 12.8 Å². The second kappa shape index (κ2) is 9.58. The number of hydrogen-bond acceptors (Lipinski definition) is 6. The van der Waals surface area contributed by atoms with E-state index in [-0.39, 0.29) is 30.1 Å². The van der Waals surface area contributed by atoms with Gasteiger partial charge in [-0.05, 0) is 43.2 Å². The number of carbonyl (C=O) groups excluding carboxylic acids is 3. The number of nitrogens with one attached hydrogen (secondary N) is 1. The Labute approximate surface area is 208 Å². The fraction of sp³-hybridized carbons (Fsp3) is 0.346. The van der Waals surface area contributed by atoms with Gasteiger partial charge in [-0.3, -0.25) is 14.4 Å². The molecule has 180 valence electrons. The Hall–Kier alpha value is -3.59. The molecule has 1 N–H and O–H groups in total. The quantitative estimate of drug-likeness (QED) is 0.566. The lowest BCUT2D eigenvalue weighted by molar-refractivity contribution is -0.122. The van der Waals surface area contributed by atoms with E-state index in [9.17, 15) is 14.4 Å². The van der Waals surface area contributed by atoms with Gasteiger partial charge in [0.25, 0.3) is 0 Å². The van der Waals surface area contributed by atoms with Crippen molar-refractivity contribution in [1.29, 1.82) is 0 Å². The Morgan fingerprint density at radius 3 is 2.26 bits per heavy atom. The van der Waals surface area contributed by atoms with Gasteiger partial charge in [0.1, 0.15) is 5.01 Å². The number of rotatable bonds is 6. The monoisotopic (exact) mass is 489 g/mol. The van der Waals surface area contributed by atoms with Crippen molar-refractivity contribution in [1.82, 2.24) is 10.2 Å². The molecule has 3 aromatic rings. The third-order valence-corrected chi connectivity index (χ3v) is 7.64.